The van der Waals surface area contributed by atoms with Crippen molar-refractivity contribution < 1.29 is 17.9 Å². The van der Waals surface area contributed by atoms with Crippen LogP contribution in [0, 0.1) is 0 Å². The number of methoxy groups -OCH3 is 1. The zero-order valence-corrected chi connectivity index (χ0v) is 10.7. The van der Waals surface area contributed by atoms with Gasteiger partial charge in [0.15, 0.2) is 0 Å². The molecule has 0 radical (unpaired) electrons. The van der Waals surface area contributed by atoms with Crippen molar-refractivity contribution in [2.45, 2.75) is 4.90 Å². The van der Waals surface area contributed by atoms with Crippen LogP contribution < -0.4 is 5.14 Å². The fraction of sp³-hybridized carbons (Fsp3) is 0.182. The van der Waals surface area contributed by atoms with E-state index in [0.29, 0.717) is 16.5 Å². The van der Waals surface area contributed by atoms with E-state index in [9.17, 15) is 13.2 Å². The summed E-state index contributed by atoms with van der Waals surface area (Å²) in [5.41, 5.74) is 0.953. The summed E-state index contributed by atoms with van der Waals surface area (Å²) < 4.78 is 29.0. The van der Waals surface area contributed by atoms with Gasteiger partial charge in [-0.05, 0) is 12.1 Å². The van der Waals surface area contributed by atoms with Gasteiger partial charge in [-0.2, -0.15) is 0 Å². The molecule has 0 saturated heterocycles. The van der Waals surface area contributed by atoms with Crippen molar-refractivity contribution in [2.75, 3.05) is 7.11 Å². The summed E-state index contributed by atoms with van der Waals surface area (Å²) in [7, 11) is -0.821. The minimum Gasteiger partial charge on any atom is -0.465 e. The van der Waals surface area contributed by atoms with E-state index in [0.717, 1.165) is 0 Å². The molecular weight excluding hydrogens is 256 g/mol. The Hall–Kier alpha value is -1.86. The number of esters is 1. The van der Waals surface area contributed by atoms with Gasteiger partial charge < -0.3 is 9.30 Å². The number of hydrogen-bond acceptors (Lipinski definition) is 4. The maximum Gasteiger partial charge on any atom is 0.337 e. The van der Waals surface area contributed by atoms with Crippen LogP contribution in [0.25, 0.3) is 10.9 Å². The first-order valence-corrected chi connectivity index (χ1v) is 6.59. The second-order valence-corrected chi connectivity index (χ2v) is 5.40. The number of hydrogen-bond donors (Lipinski definition) is 1. The van der Waals surface area contributed by atoms with Crippen molar-refractivity contribution in [3.63, 3.8) is 0 Å². The molecule has 0 spiro atoms. The smallest absolute Gasteiger partial charge is 0.337 e. The predicted molar refractivity (Wildman–Crippen MR) is 65.6 cm³/mol. The molecule has 18 heavy (non-hydrogen) atoms. The second-order valence-electron chi connectivity index (χ2n) is 3.87. The third-order valence-corrected chi connectivity index (χ3v) is 3.62. The quantitative estimate of drug-likeness (QED) is 0.808. The number of benzene rings is 1. The molecule has 0 bridgehead atoms. The molecule has 0 amide bonds. The van der Waals surface area contributed by atoms with Gasteiger partial charge >= 0.3 is 5.97 Å². The molecule has 0 unspecified atom stereocenters. The van der Waals surface area contributed by atoms with E-state index in [1.165, 1.54) is 19.4 Å². The summed E-state index contributed by atoms with van der Waals surface area (Å²) in [4.78, 5) is 11.4. The van der Waals surface area contributed by atoms with Crippen LogP contribution in [0.15, 0.2) is 29.3 Å². The molecule has 2 rings (SSSR count). The van der Waals surface area contributed by atoms with Crippen LogP contribution in [0.2, 0.25) is 0 Å². The van der Waals surface area contributed by atoms with Gasteiger partial charge in [-0.25, -0.2) is 18.4 Å². The highest BCUT2D eigenvalue weighted by Gasteiger charge is 2.17. The first-order chi connectivity index (χ1) is 8.34. The molecule has 1 heterocycles. The Morgan fingerprint density at radius 1 is 1.39 bits per heavy atom. The SMILES string of the molecule is COC(=O)c1ccc2c(S(N)(=O)=O)cn(C)c2c1. The number of aromatic nitrogens is 1. The fourth-order valence-electron chi connectivity index (χ4n) is 1.82. The molecule has 6 nitrogen and oxygen atoms in total. The number of ether oxygens (including phenoxy) is 1. The Kier molecular flexibility index (Phi) is 2.88. The standard InChI is InChI=1S/C11H12N2O4S/c1-13-6-10(18(12,15)16)8-4-3-7(5-9(8)13)11(14)17-2/h3-6H,1-2H3,(H2,12,15,16). The fourth-order valence-corrected chi connectivity index (χ4v) is 2.60. The molecule has 1 aromatic heterocycles. The highest BCUT2D eigenvalue weighted by molar-refractivity contribution is 7.89. The van der Waals surface area contributed by atoms with Crippen molar-refractivity contribution in [1.82, 2.24) is 4.57 Å². The van der Waals surface area contributed by atoms with E-state index < -0.39 is 16.0 Å². The average Bonchev–Trinajstić information content (AvgIpc) is 2.65. The molecule has 2 aromatic rings. The molecule has 0 saturated carbocycles. The van der Waals surface area contributed by atoms with Crippen LogP contribution in [0.5, 0.6) is 0 Å². The number of nitrogens with zero attached hydrogens (tertiary/aromatic N) is 1. The lowest BCUT2D eigenvalue weighted by Crippen LogP contribution is -2.11. The van der Waals surface area contributed by atoms with Crippen molar-refractivity contribution in [3.05, 3.63) is 30.0 Å². The van der Waals surface area contributed by atoms with E-state index >= 15 is 0 Å². The Morgan fingerprint density at radius 3 is 2.61 bits per heavy atom. The molecule has 2 N–H and O–H groups in total. The largest absolute Gasteiger partial charge is 0.465 e. The first kappa shape index (κ1) is 12.6. The number of primary sulfonamides is 1. The normalized spacial score (nSPS) is 11.7. The van der Waals surface area contributed by atoms with Gasteiger partial charge in [0.05, 0.1) is 12.7 Å². The van der Waals surface area contributed by atoms with E-state index in [4.69, 9.17) is 5.14 Å². The zero-order chi connectivity index (χ0) is 13.5. The molecule has 1 aromatic carbocycles. The Labute approximate surface area is 104 Å². The zero-order valence-electron chi connectivity index (χ0n) is 9.88. The maximum atomic E-state index is 11.4. The highest BCUT2D eigenvalue weighted by Crippen LogP contribution is 2.25. The van der Waals surface area contributed by atoms with Crippen molar-refractivity contribution in [1.29, 1.82) is 0 Å². The molecule has 0 aliphatic carbocycles. The molecular formula is C11H12N2O4S. The summed E-state index contributed by atoms with van der Waals surface area (Å²) in [6.07, 6.45) is 1.42. The molecule has 0 aliphatic rings. The molecule has 7 heteroatoms. The summed E-state index contributed by atoms with van der Waals surface area (Å²) >= 11 is 0. The van der Waals surface area contributed by atoms with Crippen LogP contribution in [0.3, 0.4) is 0 Å². The highest BCUT2D eigenvalue weighted by atomic mass is 32.2. The maximum absolute atomic E-state index is 11.4. The van der Waals surface area contributed by atoms with E-state index in [2.05, 4.69) is 4.74 Å². The summed E-state index contributed by atoms with van der Waals surface area (Å²) in [5.74, 6) is -0.477. The van der Waals surface area contributed by atoms with E-state index in [-0.39, 0.29) is 4.90 Å². The average molecular weight is 268 g/mol. The topological polar surface area (TPSA) is 91.4 Å². The monoisotopic (exact) mass is 268 g/mol. The lowest BCUT2D eigenvalue weighted by molar-refractivity contribution is 0.0601. The number of nitrogens with two attached hydrogens (primary N) is 1. The lowest BCUT2D eigenvalue weighted by Gasteiger charge is -2.01. The second kappa shape index (κ2) is 4.11. The summed E-state index contributed by atoms with van der Waals surface area (Å²) in [6.45, 7) is 0. The van der Waals surface area contributed by atoms with Crippen LogP contribution >= 0.6 is 0 Å². The third kappa shape index (κ3) is 1.98. The van der Waals surface area contributed by atoms with Gasteiger partial charge in [0.2, 0.25) is 10.0 Å². The summed E-state index contributed by atoms with van der Waals surface area (Å²) in [6, 6.07) is 4.61. The van der Waals surface area contributed by atoms with E-state index in [1.807, 2.05) is 0 Å². The number of rotatable bonds is 2. The Morgan fingerprint density at radius 2 is 2.06 bits per heavy atom. The van der Waals surface area contributed by atoms with Gasteiger partial charge in [-0.3, -0.25) is 0 Å². The van der Waals surface area contributed by atoms with Crippen LogP contribution in [-0.4, -0.2) is 26.1 Å². The number of fused-ring (bicyclic) bond motifs is 1. The van der Waals surface area contributed by atoms with Gasteiger partial charge in [-0.15, -0.1) is 0 Å². The molecule has 0 aliphatic heterocycles. The first-order valence-electron chi connectivity index (χ1n) is 5.05. The van der Waals surface area contributed by atoms with Gasteiger partial charge in [-0.1, -0.05) is 6.07 Å². The van der Waals surface area contributed by atoms with Crippen molar-refractivity contribution in [2.24, 2.45) is 12.2 Å². The number of carbonyl (C=O) groups is 1. The minimum absolute atomic E-state index is 0.0383. The molecule has 0 fully saturated rings. The van der Waals surface area contributed by atoms with Gasteiger partial charge in [0.25, 0.3) is 0 Å². The van der Waals surface area contributed by atoms with Gasteiger partial charge in [0.1, 0.15) is 4.90 Å². The van der Waals surface area contributed by atoms with Crippen LogP contribution in [0.1, 0.15) is 10.4 Å². The molecule has 0 atom stereocenters. The Balaban J connectivity index is 2.74. The minimum atomic E-state index is -3.78. The van der Waals surface area contributed by atoms with Crippen molar-refractivity contribution in [3.8, 4) is 0 Å². The lowest BCUT2D eigenvalue weighted by atomic mass is 10.1. The van der Waals surface area contributed by atoms with Crippen molar-refractivity contribution >= 4 is 26.9 Å². The van der Waals surface area contributed by atoms with E-state index in [1.54, 1.807) is 23.7 Å². The number of sulfonamides is 1. The predicted octanol–water partition coefficient (Wildman–Crippen LogP) is 0.612. The number of aryl methyl sites for hydroxylation is 1. The Bertz CT molecular complexity index is 731. The van der Waals surface area contributed by atoms with Crippen LogP contribution in [0.4, 0.5) is 0 Å². The van der Waals surface area contributed by atoms with Gasteiger partial charge in [0, 0.05) is 24.1 Å². The third-order valence-electron chi connectivity index (χ3n) is 2.68. The molecule has 96 valence electrons. The van der Waals surface area contributed by atoms with Crippen LogP contribution in [-0.2, 0) is 21.8 Å². The number of carbonyl (C=O) groups excluding carboxylic acids is 1. The summed E-state index contributed by atoms with van der Waals surface area (Å²) in [5, 5.41) is 5.61.